The van der Waals surface area contributed by atoms with E-state index in [1.165, 1.54) is 16.1 Å². The van der Waals surface area contributed by atoms with Crippen molar-refractivity contribution in [3.8, 4) is 0 Å². The molecule has 2 aromatic rings. The first-order valence-electron chi connectivity index (χ1n) is 6.43. The number of nitrogens with two attached hydrogens (primary N) is 1. The van der Waals surface area contributed by atoms with Crippen molar-refractivity contribution in [1.82, 2.24) is 0 Å². The average Bonchev–Trinajstić information content (AvgIpc) is 2.83. The van der Waals surface area contributed by atoms with Gasteiger partial charge in [-0.1, -0.05) is 17.7 Å². The van der Waals surface area contributed by atoms with Gasteiger partial charge in [-0.15, -0.1) is 11.3 Å². The molecule has 19 heavy (non-hydrogen) atoms. The quantitative estimate of drug-likeness (QED) is 0.878. The van der Waals surface area contributed by atoms with Crippen molar-refractivity contribution < 1.29 is 0 Å². The number of rotatable bonds is 5. The normalized spacial score (nSPS) is 12.4. The molecule has 2 N–H and O–H groups in total. The van der Waals surface area contributed by atoms with Crippen molar-refractivity contribution in [2.75, 3.05) is 18.0 Å². The van der Waals surface area contributed by atoms with E-state index in [9.17, 15) is 0 Å². The van der Waals surface area contributed by atoms with Gasteiger partial charge in [0.1, 0.15) is 0 Å². The Morgan fingerprint density at radius 1 is 1.26 bits per heavy atom. The number of benzene rings is 1. The Labute approximate surface area is 127 Å². The fourth-order valence-corrected chi connectivity index (χ4v) is 4.00. The molecular weight excluding hydrogens is 320 g/mol. The van der Waals surface area contributed by atoms with Gasteiger partial charge in [0.25, 0.3) is 0 Å². The number of halogens is 1. The van der Waals surface area contributed by atoms with Crippen molar-refractivity contribution in [2.45, 2.75) is 19.9 Å². The second-order valence-corrected chi connectivity index (χ2v) is 6.31. The number of anilines is 1. The molecule has 0 saturated carbocycles. The molecule has 0 bridgehead atoms. The third kappa shape index (κ3) is 3.19. The number of hydrogen-bond donors (Lipinski definition) is 1. The van der Waals surface area contributed by atoms with Crippen LogP contribution in [0.3, 0.4) is 0 Å². The fourth-order valence-electron chi connectivity index (χ4n) is 2.24. The lowest BCUT2D eigenvalue weighted by Gasteiger charge is -2.32. The van der Waals surface area contributed by atoms with Crippen LogP contribution in [0.5, 0.6) is 0 Å². The number of thiophene rings is 1. The van der Waals surface area contributed by atoms with E-state index in [0.29, 0.717) is 6.54 Å². The topological polar surface area (TPSA) is 29.3 Å². The molecule has 0 aliphatic carbocycles. The summed E-state index contributed by atoms with van der Waals surface area (Å²) in [7, 11) is 0. The molecule has 102 valence electrons. The number of hydrogen-bond acceptors (Lipinski definition) is 3. The molecule has 0 saturated heterocycles. The van der Waals surface area contributed by atoms with Crippen LogP contribution in [0.15, 0.2) is 40.2 Å². The molecule has 1 heterocycles. The van der Waals surface area contributed by atoms with E-state index < -0.39 is 0 Å². The van der Waals surface area contributed by atoms with Gasteiger partial charge in [-0.05, 0) is 53.4 Å². The van der Waals surface area contributed by atoms with Gasteiger partial charge in [0.2, 0.25) is 0 Å². The van der Waals surface area contributed by atoms with Gasteiger partial charge in [-0.3, -0.25) is 0 Å². The minimum Gasteiger partial charge on any atom is -0.363 e. The predicted molar refractivity (Wildman–Crippen MR) is 88.0 cm³/mol. The van der Waals surface area contributed by atoms with Crippen LogP contribution in [0.4, 0.5) is 5.69 Å². The highest BCUT2D eigenvalue weighted by molar-refractivity contribution is 9.10. The lowest BCUT2D eigenvalue weighted by Crippen LogP contribution is -2.33. The van der Waals surface area contributed by atoms with Crippen molar-refractivity contribution in [3.63, 3.8) is 0 Å². The summed E-state index contributed by atoms with van der Waals surface area (Å²) in [5.74, 6) is 0. The van der Waals surface area contributed by atoms with E-state index in [0.717, 1.165) is 11.0 Å². The van der Waals surface area contributed by atoms with E-state index in [1.54, 1.807) is 11.3 Å². The first-order chi connectivity index (χ1) is 9.17. The largest absolute Gasteiger partial charge is 0.363 e. The Hall–Kier alpha value is -0.840. The van der Waals surface area contributed by atoms with E-state index in [-0.39, 0.29) is 6.04 Å². The van der Waals surface area contributed by atoms with E-state index in [1.807, 2.05) is 0 Å². The summed E-state index contributed by atoms with van der Waals surface area (Å²) in [6.45, 7) is 5.83. The molecule has 4 heteroatoms. The summed E-state index contributed by atoms with van der Waals surface area (Å²) in [4.78, 5) is 3.65. The molecule has 0 radical (unpaired) electrons. The Kier molecular flexibility index (Phi) is 5.02. The molecule has 2 nitrogen and oxygen atoms in total. The fraction of sp³-hybridized carbons (Fsp3) is 0.333. The van der Waals surface area contributed by atoms with Gasteiger partial charge in [0.05, 0.1) is 6.04 Å². The first-order valence-corrected chi connectivity index (χ1v) is 8.11. The molecule has 1 aromatic heterocycles. The maximum Gasteiger partial charge on any atom is 0.0768 e. The van der Waals surface area contributed by atoms with Crippen LogP contribution in [0, 0.1) is 6.92 Å². The van der Waals surface area contributed by atoms with Crippen LogP contribution in [-0.2, 0) is 0 Å². The minimum absolute atomic E-state index is 0.224. The zero-order valence-corrected chi connectivity index (χ0v) is 13.7. The predicted octanol–water partition coefficient (Wildman–Crippen LogP) is 4.35. The Morgan fingerprint density at radius 2 is 1.95 bits per heavy atom. The summed E-state index contributed by atoms with van der Waals surface area (Å²) >= 11 is 5.37. The molecule has 0 aliphatic heterocycles. The van der Waals surface area contributed by atoms with Crippen molar-refractivity contribution in [3.05, 3.63) is 50.6 Å². The highest BCUT2D eigenvalue weighted by Gasteiger charge is 2.21. The van der Waals surface area contributed by atoms with Crippen molar-refractivity contribution in [1.29, 1.82) is 0 Å². The lowest BCUT2D eigenvalue weighted by atomic mass is 10.1. The SMILES string of the molecule is CCN(c1ccc(C)cc1)C(CN)c1sccc1Br. The summed E-state index contributed by atoms with van der Waals surface area (Å²) in [6.07, 6.45) is 0. The maximum atomic E-state index is 6.02. The molecule has 0 amide bonds. The Morgan fingerprint density at radius 3 is 2.42 bits per heavy atom. The van der Waals surface area contributed by atoms with Crippen LogP contribution in [0.2, 0.25) is 0 Å². The molecule has 0 spiro atoms. The van der Waals surface area contributed by atoms with Gasteiger partial charge in [0, 0.05) is 28.1 Å². The van der Waals surface area contributed by atoms with Gasteiger partial charge in [0.15, 0.2) is 0 Å². The maximum absolute atomic E-state index is 6.02. The third-order valence-corrected chi connectivity index (χ3v) is 5.23. The summed E-state index contributed by atoms with van der Waals surface area (Å²) in [5, 5.41) is 2.10. The molecular formula is C15H19BrN2S. The summed E-state index contributed by atoms with van der Waals surface area (Å²) < 4.78 is 1.15. The molecule has 1 unspecified atom stereocenters. The second kappa shape index (κ2) is 6.55. The van der Waals surface area contributed by atoms with Crippen LogP contribution < -0.4 is 10.6 Å². The number of likely N-dealkylation sites (N-methyl/N-ethyl adjacent to an activating group) is 1. The second-order valence-electron chi connectivity index (χ2n) is 4.51. The van der Waals surface area contributed by atoms with E-state index in [4.69, 9.17) is 5.73 Å². The smallest absolute Gasteiger partial charge is 0.0768 e. The van der Waals surface area contributed by atoms with Gasteiger partial charge in [-0.2, -0.15) is 0 Å². The molecule has 0 aliphatic rings. The van der Waals surface area contributed by atoms with E-state index >= 15 is 0 Å². The van der Waals surface area contributed by atoms with Gasteiger partial charge >= 0.3 is 0 Å². The zero-order chi connectivity index (χ0) is 13.8. The first kappa shape index (κ1) is 14.6. The van der Waals surface area contributed by atoms with Crippen LogP contribution >= 0.6 is 27.3 Å². The number of nitrogens with zero attached hydrogens (tertiary/aromatic N) is 1. The summed E-state index contributed by atoms with van der Waals surface area (Å²) in [6, 6.07) is 10.9. The standard InChI is InChI=1S/C15H19BrN2S/c1-3-18(12-6-4-11(2)5-7-12)14(10-17)15-13(16)8-9-19-15/h4-9,14H,3,10,17H2,1-2H3. The van der Waals surface area contributed by atoms with E-state index in [2.05, 4.69) is 70.4 Å². The van der Waals surface area contributed by atoms with Crippen molar-refractivity contribution >= 4 is 33.0 Å². The van der Waals surface area contributed by atoms with Crippen LogP contribution in [0.1, 0.15) is 23.4 Å². The highest BCUT2D eigenvalue weighted by atomic mass is 79.9. The lowest BCUT2D eigenvalue weighted by molar-refractivity contribution is 0.651. The Balaban J connectivity index is 2.34. The van der Waals surface area contributed by atoms with Gasteiger partial charge in [-0.25, -0.2) is 0 Å². The highest BCUT2D eigenvalue weighted by Crippen LogP contribution is 2.34. The third-order valence-electron chi connectivity index (χ3n) is 3.25. The molecule has 2 rings (SSSR count). The molecule has 1 atom stereocenters. The average molecular weight is 339 g/mol. The van der Waals surface area contributed by atoms with Gasteiger partial charge < -0.3 is 10.6 Å². The monoisotopic (exact) mass is 338 g/mol. The van der Waals surface area contributed by atoms with Crippen LogP contribution in [-0.4, -0.2) is 13.1 Å². The molecule has 1 aromatic carbocycles. The minimum atomic E-state index is 0.224. The molecule has 0 fully saturated rings. The zero-order valence-electron chi connectivity index (χ0n) is 11.3. The van der Waals surface area contributed by atoms with Crippen molar-refractivity contribution in [2.24, 2.45) is 5.73 Å². The van der Waals surface area contributed by atoms with Crippen LogP contribution in [0.25, 0.3) is 0 Å². The number of aryl methyl sites for hydroxylation is 1. The Bertz CT molecular complexity index is 521. The summed E-state index contributed by atoms with van der Waals surface area (Å²) in [5.41, 5.74) is 8.53.